The molecule has 1 saturated heterocycles. The van der Waals surface area contributed by atoms with Gasteiger partial charge in [0, 0.05) is 12.6 Å². The Balaban J connectivity index is 1.63. The normalized spacial score (nSPS) is 18.3. The van der Waals surface area contributed by atoms with Gasteiger partial charge in [-0.1, -0.05) is 26.2 Å². The smallest absolute Gasteiger partial charge is 0.309 e. The number of nitrogens with zero attached hydrogens (tertiary/aromatic N) is 4. The number of imide groups is 2. The first-order chi connectivity index (χ1) is 12.5. The van der Waals surface area contributed by atoms with Crippen LogP contribution in [0.1, 0.15) is 51.5 Å². The van der Waals surface area contributed by atoms with Crippen LogP contribution in [0.25, 0.3) is 0 Å². The second kappa shape index (κ2) is 7.67. The van der Waals surface area contributed by atoms with E-state index in [-0.39, 0.29) is 12.6 Å². The third-order valence-corrected chi connectivity index (χ3v) is 4.78. The van der Waals surface area contributed by atoms with E-state index in [4.69, 9.17) is 0 Å². The molecule has 1 saturated carbocycles. The summed E-state index contributed by atoms with van der Waals surface area (Å²) in [7, 11) is 0. The van der Waals surface area contributed by atoms with E-state index in [1.54, 1.807) is 16.9 Å². The molecule has 0 aromatic carbocycles. The van der Waals surface area contributed by atoms with E-state index in [2.05, 4.69) is 10.4 Å². The molecular formula is C17H23N5O4. The van der Waals surface area contributed by atoms with Gasteiger partial charge in [-0.25, -0.2) is 14.4 Å². The highest BCUT2D eigenvalue weighted by molar-refractivity contribution is 6.45. The summed E-state index contributed by atoms with van der Waals surface area (Å²) in [5.41, 5.74) is 0. The lowest BCUT2D eigenvalue weighted by Crippen LogP contribution is -2.39. The Bertz CT molecular complexity index is 722. The summed E-state index contributed by atoms with van der Waals surface area (Å²) < 4.78 is 1.78. The molecular weight excluding hydrogens is 338 g/mol. The largest absolute Gasteiger partial charge is 0.334 e. The van der Waals surface area contributed by atoms with Gasteiger partial charge in [-0.05, 0) is 19.3 Å². The molecule has 26 heavy (non-hydrogen) atoms. The molecule has 1 aromatic heterocycles. The van der Waals surface area contributed by atoms with Crippen LogP contribution in [-0.2, 0) is 14.4 Å². The Morgan fingerprint density at radius 2 is 1.88 bits per heavy atom. The van der Waals surface area contributed by atoms with E-state index in [0.717, 1.165) is 37.0 Å². The fraction of sp³-hybridized carbons (Fsp3) is 0.588. The van der Waals surface area contributed by atoms with E-state index in [1.807, 2.05) is 6.92 Å². The molecule has 0 atom stereocenters. The van der Waals surface area contributed by atoms with Crippen molar-refractivity contribution in [2.24, 2.45) is 0 Å². The second-order valence-corrected chi connectivity index (χ2v) is 6.63. The van der Waals surface area contributed by atoms with Gasteiger partial charge in [-0.15, -0.1) is 0 Å². The lowest BCUT2D eigenvalue weighted by molar-refractivity contribution is -0.143. The average Bonchev–Trinajstić information content (AvgIpc) is 3.33. The quantitative estimate of drug-likeness (QED) is 0.586. The van der Waals surface area contributed by atoms with Gasteiger partial charge in [-0.3, -0.25) is 19.3 Å². The number of carbonyl (C=O) groups is 4. The van der Waals surface area contributed by atoms with Gasteiger partial charge in [0.2, 0.25) is 5.91 Å². The molecule has 0 radical (unpaired) electrons. The van der Waals surface area contributed by atoms with Crippen molar-refractivity contribution in [1.82, 2.24) is 19.6 Å². The van der Waals surface area contributed by atoms with Gasteiger partial charge < -0.3 is 5.32 Å². The second-order valence-electron chi connectivity index (χ2n) is 6.63. The first kappa shape index (κ1) is 18.1. The molecule has 0 spiro atoms. The van der Waals surface area contributed by atoms with Crippen LogP contribution in [0.15, 0.2) is 12.3 Å². The highest BCUT2D eigenvalue weighted by Crippen LogP contribution is 2.31. The number of unbranched alkanes of at least 4 members (excludes halogenated alkanes) is 1. The topological polar surface area (TPSA) is 105 Å². The van der Waals surface area contributed by atoms with Crippen LogP contribution in [0.2, 0.25) is 0 Å². The predicted molar refractivity (Wildman–Crippen MR) is 92.1 cm³/mol. The SMILES string of the molecule is CCCCN1C(=O)C(=O)N(CC(=O)Nc2ccnn2C2CCCC2)C1=O. The fourth-order valence-electron chi connectivity index (χ4n) is 3.38. The number of hydrogen-bond acceptors (Lipinski definition) is 5. The molecule has 3 rings (SSSR count). The molecule has 0 unspecified atom stereocenters. The molecule has 1 aliphatic heterocycles. The van der Waals surface area contributed by atoms with Crippen LogP contribution < -0.4 is 5.32 Å². The highest BCUT2D eigenvalue weighted by Gasteiger charge is 2.44. The first-order valence-corrected chi connectivity index (χ1v) is 9.03. The van der Waals surface area contributed by atoms with Crippen LogP contribution in [0, 0.1) is 0 Å². The molecule has 1 aromatic rings. The summed E-state index contributed by atoms with van der Waals surface area (Å²) >= 11 is 0. The third-order valence-electron chi connectivity index (χ3n) is 4.78. The predicted octanol–water partition coefficient (Wildman–Crippen LogP) is 1.53. The number of aromatic nitrogens is 2. The van der Waals surface area contributed by atoms with Crippen molar-refractivity contribution in [1.29, 1.82) is 0 Å². The highest BCUT2D eigenvalue weighted by atomic mass is 16.2. The van der Waals surface area contributed by atoms with E-state index in [9.17, 15) is 19.2 Å². The van der Waals surface area contributed by atoms with Crippen molar-refractivity contribution in [3.63, 3.8) is 0 Å². The minimum absolute atomic E-state index is 0.187. The summed E-state index contributed by atoms with van der Waals surface area (Å²) in [4.78, 5) is 50.1. The van der Waals surface area contributed by atoms with Crippen molar-refractivity contribution in [3.8, 4) is 0 Å². The Kier molecular flexibility index (Phi) is 5.34. The number of amides is 5. The zero-order valence-corrected chi connectivity index (χ0v) is 14.8. The molecule has 140 valence electrons. The monoisotopic (exact) mass is 361 g/mol. The third kappa shape index (κ3) is 3.47. The molecule has 2 fully saturated rings. The number of rotatable bonds is 7. The van der Waals surface area contributed by atoms with Crippen molar-refractivity contribution in [3.05, 3.63) is 12.3 Å². The maximum atomic E-state index is 12.3. The fourth-order valence-corrected chi connectivity index (χ4v) is 3.38. The van der Waals surface area contributed by atoms with Crippen molar-refractivity contribution >= 4 is 29.6 Å². The Hall–Kier alpha value is -2.71. The zero-order valence-electron chi connectivity index (χ0n) is 14.8. The number of hydrogen-bond donors (Lipinski definition) is 1. The van der Waals surface area contributed by atoms with Crippen LogP contribution in [0.5, 0.6) is 0 Å². The Labute approximate surface area is 151 Å². The molecule has 0 bridgehead atoms. The number of nitrogens with one attached hydrogen (secondary N) is 1. The van der Waals surface area contributed by atoms with Crippen LogP contribution >= 0.6 is 0 Å². The summed E-state index contributed by atoms with van der Waals surface area (Å²) in [6.45, 7) is 1.62. The summed E-state index contributed by atoms with van der Waals surface area (Å²) in [6.07, 6.45) is 7.29. The number of anilines is 1. The van der Waals surface area contributed by atoms with Gasteiger partial charge in [0.25, 0.3) is 0 Å². The standard InChI is InChI=1S/C17H23N5O4/c1-2-3-10-20-15(24)16(25)21(17(20)26)11-14(23)19-13-8-9-18-22(13)12-6-4-5-7-12/h8-9,12H,2-7,10-11H2,1H3,(H,19,23). The number of carbonyl (C=O) groups excluding carboxylic acids is 4. The van der Waals surface area contributed by atoms with E-state index in [0.29, 0.717) is 17.1 Å². The summed E-state index contributed by atoms with van der Waals surface area (Å²) in [5.74, 6) is -1.82. The molecule has 1 N–H and O–H groups in total. The lowest BCUT2D eigenvalue weighted by atomic mass is 10.2. The average molecular weight is 361 g/mol. The van der Waals surface area contributed by atoms with E-state index in [1.165, 1.54) is 0 Å². The van der Waals surface area contributed by atoms with E-state index < -0.39 is 30.3 Å². The minimum atomic E-state index is -0.953. The first-order valence-electron chi connectivity index (χ1n) is 9.03. The zero-order chi connectivity index (χ0) is 18.7. The van der Waals surface area contributed by atoms with Crippen molar-refractivity contribution in [2.45, 2.75) is 51.5 Å². The van der Waals surface area contributed by atoms with Gasteiger partial charge in [-0.2, -0.15) is 5.10 Å². The number of urea groups is 1. The van der Waals surface area contributed by atoms with Crippen molar-refractivity contribution in [2.75, 3.05) is 18.4 Å². The maximum absolute atomic E-state index is 12.3. The summed E-state index contributed by atoms with van der Waals surface area (Å²) in [5, 5.41) is 6.96. The van der Waals surface area contributed by atoms with Crippen LogP contribution in [0.3, 0.4) is 0 Å². The molecule has 2 heterocycles. The van der Waals surface area contributed by atoms with Gasteiger partial charge in [0.1, 0.15) is 12.4 Å². The van der Waals surface area contributed by atoms with Crippen LogP contribution in [-0.4, -0.2) is 56.4 Å². The minimum Gasteiger partial charge on any atom is -0.309 e. The molecule has 9 nitrogen and oxygen atoms in total. The van der Waals surface area contributed by atoms with Gasteiger partial charge >= 0.3 is 17.8 Å². The van der Waals surface area contributed by atoms with Gasteiger partial charge in [0.05, 0.1) is 12.2 Å². The molecule has 1 aliphatic carbocycles. The maximum Gasteiger partial charge on any atom is 0.334 e. The molecule has 2 aliphatic rings. The Morgan fingerprint density at radius 3 is 2.58 bits per heavy atom. The molecule has 9 heteroatoms. The summed E-state index contributed by atoms with van der Waals surface area (Å²) in [6, 6.07) is 1.21. The molecule has 5 amide bonds. The van der Waals surface area contributed by atoms with Gasteiger partial charge in [0.15, 0.2) is 0 Å². The van der Waals surface area contributed by atoms with Crippen molar-refractivity contribution < 1.29 is 19.2 Å². The Morgan fingerprint density at radius 1 is 1.19 bits per heavy atom. The lowest BCUT2D eigenvalue weighted by Gasteiger charge is -2.17. The van der Waals surface area contributed by atoms with Crippen LogP contribution in [0.4, 0.5) is 10.6 Å². The van der Waals surface area contributed by atoms with E-state index >= 15 is 0 Å².